The Labute approximate surface area is 162 Å². The SMILES string of the molecule is COc1ccccc1N1CCN(C(=O)c2cccc(OCC(N)=O)c2)CC1=O. The van der Waals surface area contributed by atoms with Gasteiger partial charge in [-0.1, -0.05) is 18.2 Å². The Balaban J connectivity index is 1.70. The van der Waals surface area contributed by atoms with Crippen molar-refractivity contribution in [2.75, 3.05) is 38.3 Å². The maximum Gasteiger partial charge on any atom is 0.255 e. The van der Waals surface area contributed by atoms with Gasteiger partial charge in [-0.15, -0.1) is 0 Å². The van der Waals surface area contributed by atoms with Gasteiger partial charge in [0, 0.05) is 18.7 Å². The standard InChI is InChI=1S/C20H21N3O5/c1-27-17-8-3-2-7-16(17)23-10-9-22(12-19(23)25)20(26)14-5-4-6-15(11-14)28-13-18(21)24/h2-8,11H,9-10,12-13H2,1H3,(H2,21,24). The summed E-state index contributed by atoms with van der Waals surface area (Å²) in [5.41, 5.74) is 6.12. The number of ether oxygens (including phenoxy) is 2. The number of nitrogens with two attached hydrogens (primary N) is 1. The average molecular weight is 383 g/mol. The normalized spacial score (nSPS) is 14.0. The van der Waals surface area contributed by atoms with Gasteiger partial charge in [-0.25, -0.2) is 0 Å². The van der Waals surface area contributed by atoms with Gasteiger partial charge in [-0.2, -0.15) is 0 Å². The van der Waals surface area contributed by atoms with Crippen LogP contribution in [0.3, 0.4) is 0 Å². The summed E-state index contributed by atoms with van der Waals surface area (Å²) in [4.78, 5) is 39.4. The third-order valence-electron chi connectivity index (χ3n) is 4.35. The van der Waals surface area contributed by atoms with Crippen molar-refractivity contribution in [1.82, 2.24) is 4.90 Å². The van der Waals surface area contributed by atoms with Crippen LogP contribution >= 0.6 is 0 Å². The highest BCUT2D eigenvalue weighted by atomic mass is 16.5. The minimum Gasteiger partial charge on any atom is -0.495 e. The fourth-order valence-corrected chi connectivity index (χ4v) is 3.01. The van der Waals surface area contributed by atoms with Gasteiger partial charge >= 0.3 is 0 Å². The summed E-state index contributed by atoms with van der Waals surface area (Å²) in [6.45, 7) is 0.439. The first-order valence-electron chi connectivity index (χ1n) is 8.73. The van der Waals surface area contributed by atoms with Crippen LogP contribution in [0.5, 0.6) is 11.5 Å². The molecule has 0 saturated carbocycles. The molecule has 3 rings (SSSR count). The summed E-state index contributed by atoms with van der Waals surface area (Å²) in [5.74, 6) is -0.101. The van der Waals surface area contributed by atoms with Crippen molar-refractivity contribution >= 4 is 23.4 Å². The molecule has 0 aliphatic carbocycles. The number of para-hydroxylation sites is 2. The van der Waals surface area contributed by atoms with E-state index in [4.69, 9.17) is 15.2 Å². The number of nitrogens with zero attached hydrogens (tertiary/aromatic N) is 2. The van der Waals surface area contributed by atoms with E-state index in [0.717, 1.165) is 0 Å². The minimum absolute atomic E-state index is 0.0384. The third kappa shape index (κ3) is 4.22. The fourth-order valence-electron chi connectivity index (χ4n) is 3.01. The second-order valence-corrected chi connectivity index (χ2v) is 6.23. The van der Waals surface area contributed by atoms with Crippen LogP contribution in [0.4, 0.5) is 5.69 Å². The lowest BCUT2D eigenvalue weighted by Gasteiger charge is -2.35. The van der Waals surface area contributed by atoms with Gasteiger partial charge in [0.15, 0.2) is 6.61 Å². The molecule has 0 unspecified atom stereocenters. The highest BCUT2D eigenvalue weighted by Gasteiger charge is 2.30. The van der Waals surface area contributed by atoms with Gasteiger partial charge in [-0.3, -0.25) is 14.4 Å². The molecule has 8 nitrogen and oxygen atoms in total. The molecular weight excluding hydrogens is 362 g/mol. The average Bonchev–Trinajstić information content (AvgIpc) is 2.72. The fraction of sp³-hybridized carbons (Fsp3) is 0.250. The molecule has 3 amide bonds. The molecule has 1 saturated heterocycles. The Hall–Kier alpha value is -3.55. The second-order valence-electron chi connectivity index (χ2n) is 6.23. The molecule has 0 spiro atoms. The zero-order valence-corrected chi connectivity index (χ0v) is 15.5. The van der Waals surface area contributed by atoms with Crippen LogP contribution in [0.2, 0.25) is 0 Å². The second kappa shape index (κ2) is 8.43. The number of primary amides is 1. The van der Waals surface area contributed by atoms with E-state index < -0.39 is 5.91 Å². The molecule has 2 aromatic carbocycles. The summed E-state index contributed by atoms with van der Waals surface area (Å²) in [6, 6.07) is 13.7. The number of rotatable bonds is 6. The molecule has 8 heteroatoms. The van der Waals surface area contributed by atoms with E-state index in [1.807, 2.05) is 18.2 Å². The smallest absolute Gasteiger partial charge is 0.255 e. The van der Waals surface area contributed by atoms with E-state index in [2.05, 4.69) is 0 Å². The van der Waals surface area contributed by atoms with Gasteiger partial charge in [0.25, 0.3) is 11.8 Å². The summed E-state index contributed by atoms with van der Waals surface area (Å²) >= 11 is 0. The predicted octanol–water partition coefficient (Wildman–Crippen LogP) is 1.05. The number of anilines is 1. The van der Waals surface area contributed by atoms with Gasteiger partial charge < -0.3 is 25.0 Å². The highest BCUT2D eigenvalue weighted by Crippen LogP contribution is 2.29. The molecule has 146 valence electrons. The summed E-state index contributed by atoms with van der Waals surface area (Å²) < 4.78 is 10.6. The Morgan fingerprint density at radius 1 is 1.11 bits per heavy atom. The first kappa shape index (κ1) is 19.2. The number of methoxy groups -OCH3 is 1. The van der Waals surface area contributed by atoms with Gasteiger partial charge in [0.1, 0.15) is 18.0 Å². The Bertz CT molecular complexity index is 899. The van der Waals surface area contributed by atoms with Gasteiger partial charge in [-0.05, 0) is 30.3 Å². The topological polar surface area (TPSA) is 102 Å². The van der Waals surface area contributed by atoms with Crippen LogP contribution in [0.25, 0.3) is 0 Å². The van der Waals surface area contributed by atoms with E-state index in [1.165, 1.54) is 11.0 Å². The highest BCUT2D eigenvalue weighted by molar-refractivity contribution is 6.02. The monoisotopic (exact) mass is 383 g/mol. The lowest BCUT2D eigenvalue weighted by molar-refractivity contribution is -0.121. The minimum atomic E-state index is -0.602. The van der Waals surface area contributed by atoms with E-state index in [1.54, 1.807) is 36.3 Å². The Morgan fingerprint density at radius 2 is 1.89 bits per heavy atom. The van der Waals surface area contributed by atoms with Crippen LogP contribution in [0.1, 0.15) is 10.4 Å². The van der Waals surface area contributed by atoms with Crippen molar-refractivity contribution in [2.24, 2.45) is 5.73 Å². The first-order valence-corrected chi connectivity index (χ1v) is 8.73. The lowest BCUT2D eigenvalue weighted by Crippen LogP contribution is -2.52. The molecule has 0 bridgehead atoms. The van der Waals surface area contributed by atoms with Crippen LogP contribution in [0, 0.1) is 0 Å². The van der Waals surface area contributed by atoms with E-state index >= 15 is 0 Å². The molecule has 1 fully saturated rings. The number of hydrogen-bond acceptors (Lipinski definition) is 5. The van der Waals surface area contributed by atoms with E-state index in [0.29, 0.717) is 35.8 Å². The van der Waals surface area contributed by atoms with Crippen LogP contribution in [-0.4, -0.2) is 56.0 Å². The third-order valence-corrected chi connectivity index (χ3v) is 4.35. The van der Waals surface area contributed by atoms with Gasteiger partial charge in [0.05, 0.1) is 12.8 Å². The predicted molar refractivity (Wildman–Crippen MR) is 102 cm³/mol. The molecular formula is C20H21N3O5. The van der Waals surface area contributed by atoms with Crippen molar-refractivity contribution < 1.29 is 23.9 Å². The van der Waals surface area contributed by atoms with Gasteiger partial charge in [0.2, 0.25) is 5.91 Å². The van der Waals surface area contributed by atoms with Crippen LogP contribution < -0.4 is 20.1 Å². The quantitative estimate of drug-likeness (QED) is 0.803. The molecule has 0 aromatic heterocycles. The van der Waals surface area contributed by atoms with Crippen LogP contribution in [-0.2, 0) is 9.59 Å². The molecule has 1 aliphatic heterocycles. The number of amides is 3. The zero-order valence-electron chi connectivity index (χ0n) is 15.5. The van der Waals surface area contributed by atoms with E-state index in [-0.39, 0.29) is 25.0 Å². The largest absolute Gasteiger partial charge is 0.495 e. The first-order chi connectivity index (χ1) is 13.5. The van der Waals surface area contributed by atoms with Crippen LogP contribution in [0.15, 0.2) is 48.5 Å². The molecule has 0 atom stereocenters. The summed E-state index contributed by atoms with van der Waals surface area (Å²) in [5, 5.41) is 0. The molecule has 28 heavy (non-hydrogen) atoms. The molecule has 1 heterocycles. The maximum atomic E-state index is 12.8. The van der Waals surface area contributed by atoms with Crippen molar-refractivity contribution in [2.45, 2.75) is 0 Å². The molecule has 1 aliphatic rings. The number of hydrogen-bond donors (Lipinski definition) is 1. The lowest BCUT2D eigenvalue weighted by atomic mass is 10.1. The van der Waals surface area contributed by atoms with E-state index in [9.17, 15) is 14.4 Å². The van der Waals surface area contributed by atoms with Crippen molar-refractivity contribution in [3.63, 3.8) is 0 Å². The molecule has 2 N–H and O–H groups in total. The Kier molecular flexibility index (Phi) is 5.78. The number of carbonyl (C=O) groups excluding carboxylic acids is 3. The summed E-state index contributed by atoms with van der Waals surface area (Å²) in [7, 11) is 1.55. The van der Waals surface area contributed by atoms with Crippen molar-refractivity contribution in [3.8, 4) is 11.5 Å². The summed E-state index contributed by atoms with van der Waals surface area (Å²) in [6.07, 6.45) is 0. The van der Waals surface area contributed by atoms with Crippen molar-refractivity contribution in [3.05, 3.63) is 54.1 Å². The maximum absolute atomic E-state index is 12.8. The number of benzene rings is 2. The molecule has 2 aromatic rings. The Morgan fingerprint density at radius 3 is 2.61 bits per heavy atom. The molecule has 0 radical (unpaired) electrons. The van der Waals surface area contributed by atoms with Crippen molar-refractivity contribution in [1.29, 1.82) is 0 Å². The zero-order chi connectivity index (χ0) is 20.1. The number of carbonyl (C=O) groups is 3. The number of piperazine rings is 1.